The Kier molecular flexibility index (Phi) is 4.57. The summed E-state index contributed by atoms with van der Waals surface area (Å²) < 4.78 is 6.90. The molecule has 1 aromatic carbocycles. The van der Waals surface area contributed by atoms with Gasteiger partial charge in [0, 0.05) is 6.54 Å². The van der Waals surface area contributed by atoms with E-state index in [9.17, 15) is 4.79 Å². The summed E-state index contributed by atoms with van der Waals surface area (Å²) >= 11 is 5.97. The highest BCUT2D eigenvalue weighted by Gasteiger charge is 2.15. The third kappa shape index (κ3) is 3.08. The molecule has 0 atom stereocenters. The van der Waals surface area contributed by atoms with E-state index in [4.69, 9.17) is 22.1 Å². The molecule has 0 unspecified atom stereocenters. The van der Waals surface area contributed by atoms with Crippen molar-refractivity contribution in [2.75, 3.05) is 5.73 Å². The number of benzene rings is 1. The summed E-state index contributed by atoms with van der Waals surface area (Å²) in [5.74, 6) is 0.0635. The fraction of sp³-hybridized carbons (Fsp3) is 0.308. The number of rotatable bonds is 5. The number of ether oxygens (including phenoxy) is 1. The van der Waals surface area contributed by atoms with Gasteiger partial charge in [0.1, 0.15) is 6.33 Å². The van der Waals surface area contributed by atoms with Crippen LogP contribution in [0.4, 0.5) is 5.69 Å². The van der Waals surface area contributed by atoms with Gasteiger partial charge in [-0.25, -0.2) is 14.5 Å². The highest BCUT2D eigenvalue weighted by molar-refractivity contribution is 6.36. The zero-order valence-electron chi connectivity index (χ0n) is 11.0. The van der Waals surface area contributed by atoms with Crippen LogP contribution in [0.3, 0.4) is 0 Å². The second-order valence-corrected chi connectivity index (χ2v) is 4.56. The second kappa shape index (κ2) is 6.38. The Morgan fingerprint density at radius 1 is 1.50 bits per heavy atom. The number of nitrogen functional groups attached to an aromatic ring is 1. The van der Waals surface area contributed by atoms with Crippen LogP contribution < -0.4 is 5.73 Å². The molecule has 1 heterocycles. The number of esters is 1. The molecular weight excluding hydrogens is 280 g/mol. The van der Waals surface area contributed by atoms with Gasteiger partial charge in [-0.05, 0) is 18.6 Å². The van der Waals surface area contributed by atoms with E-state index in [0.717, 1.165) is 13.0 Å². The number of anilines is 1. The first-order valence-corrected chi connectivity index (χ1v) is 6.59. The molecule has 1 aromatic heterocycles. The summed E-state index contributed by atoms with van der Waals surface area (Å²) in [5.41, 5.74) is 6.23. The lowest BCUT2D eigenvalue weighted by molar-refractivity contribution is 0.0457. The molecule has 2 aromatic rings. The van der Waals surface area contributed by atoms with Crippen LogP contribution in [-0.2, 0) is 17.9 Å². The molecule has 106 valence electrons. The lowest BCUT2D eigenvalue weighted by atomic mass is 10.2. The highest BCUT2D eigenvalue weighted by atomic mass is 35.5. The maximum Gasteiger partial charge on any atom is 0.340 e. The van der Waals surface area contributed by atoms with Gasteiger partial charge in [-0.15, -0.1) is 0 Å². The predicted octanol–water partition coefficient (Wildman–Crippen LogP) is 2.28. The van der Waals surface area contributed by atoms with Gasteiger partial charge in [0.2, 0.25) is 0 Å². The first kappa shape index (κ1) is 14.3. The van der Waals surface area contributed by atoms with E-state index < -0.39 is 5.97 Å². The fourth-order valence-corrected chi connectivity index (χ4v) is 1.92. The molecule has 0 aliphatic heterocycles. The van der Waals surface area contributed by atoms with Crippen LogP contribution in [0.15, 0.2) is 24.5 Å². The van der Waals surface area contributed by atoms with Crippen LogP contribution in [0, 0.1) is 0 Å². The number of hydrogen-bond donors (Lipinski definition) is 1. The quantitative estimate of drug-likeness (QED) is 0.675. The van der Waals surface area contributed by atoms with Crippen molar-refractivity contribution in [3.8, 4) is 0 Å². The van der Waals surface area contributed by atoms with Crippen LogP contribution in [0.5, 0.6) is 0 Å². The van der Waals surface area contributed by atoms with Crippen LogP contribution in [0.2, 0.25) is 5.02 Å². The van der Waals surface area contributed by atoms with Crippen molar-refractivity contribution in [1.82, 2.24) is 14.8 Å². The van der Waals surface area contributed by atoms with E-state index in [2.05, 4.69) is 10.1 Å². The third-order valence-electron chi connectivity index (χ3n) is 2.71. The lowest BCUT2D eigenvalue weighted by Crippen LogP contribution is -2.11. The van der Waals surface area contributed by atoms with Crippen molar-refractivity contribution in [2.45, 2.75) is 26.5 Å². The maximum atomic E-state index is 12.0. The fourth-order valence-electron chi connectivity index (χ4n) is 1.71. The van der Waals surface area contributed by atoms with Crippen molar-refractivity contribution in [2.24, 2.45) is 0 Å². The Bertz CT molecular complexity index is 612. The molecule has 7 heteroatoms. The van der Waals surface area contributed by atoms with Crippen molar-refractivity contribution in [3.05, 3.63) is 40.9 Å². The molecule has 20 heavy (non-hydrogen) atoms. The normalized spacial score (nSPS) is 10.5. The van der Waals surface area contributed by atoms with Gasteiger partial charge in [0.05, 0.1) is 16.3 Å². The number of halogens is 1. The molecule has 0 amide bonds. The van der Waals surface area contributed by atoms with E-state index in [0.29, 0.717) is 11.5 Å². The largest absolute Gasteiger partial charge is 0.454 e. The zero-order valence-corrected chi connectivity index (χ0v) is 11.8. The van der Waals surface area contributed by atoms with E-state index in [-0.39, 0.29) is 17.2 Å². The smallest absolute Gasteiger partial charge is 0.340 e. The number of hydrogen-bond acceptors (Lipinski definition) is 5. The van der Waals surface area contributed by atoms with Gasteiger partial charge in [-0.2, -0.15) is 5.10 Å². The first-order valence-electron chi connectivity index (χ1n) is 6.21. The molecule has 0 aliphatic rings. The average molecular weight is 295 g/mol. The third-order valence-corrected chi connectivity index (χ3v) is 3.13. The number of carbonyl (C=O) groups excluding carboxylic acids is 1. The lowest BCUT2D eigenvalue weighted by Gasteiger charge is -2.08. The van der Waals surface area contributed by atoms with Gasteiger partial charge in [-0.1, -0.05) is 24.6 Å². The van der Waals surface area contributed by atoms with Gasteiger partial charge in [-0.3, -0.25) is 0 Å². The van der Waals surface area contributed by atoms with Crippen molar-refractivity contribution < 1.29 is 9.53 Å². The number of aromatic nitrogens is 3. The predicted molar refractivity (Wildman–Crippen MR) is 75.3 cm³/mol. The average Bonchev–Trinajstić information content (AvgIpc) is 2.87. The second-order valence-electron chi connectivity index (χ2n) is 4.18. The standard InChI is InChI=1S/C13H15ClN4O2/c1-2-6-18-11(16-8-17-18)7-20-13(19)9-4-3-5-10(15)12(9)14/h3-5,8H,2,6-7,15H2,1H3. The maximum absolute atomic E-state index is 12.0. The van der Waals surface area contributed by atoms with Crippen molar-refractivity contribution in [1.29, 1.82) is 0 Å². The molecule has 6 nitrogen and oxygen atoms in total. The summed E-state index contributed by atoms with van der Waals surface area (Å²) in [6, 6.07) is 4.84. The Morgan fingerprint density at radius 3 is 3.05 bits per heavy atom. The molecule has 0 aliphatic carbocycles. The topological polar surface area (TPSA) is 83.0 Å². The molecule has 0 fully saturated rings. The Morgan fingerprint density at radius 2 is 2.30 bits per heavy atom. The Balaban J connectivity index is 2.05. The van der Waals surface area contributed by atoms with Crippen molar-refractivity contribution in [3.63, 3.8) is 0 Å². The summed E-state index contributed by atoms with van der Waals surface area (Å²) in [6.07, 6.45) is 2.36. The minimum absolute atomic E-state index is 0.0456. The summed E-state index contributed by atoms with van der Waals surface area (Å²) in [6.45, 7) is 2.81. The molecule has 2 N–H and O–H groups in total. The molecule has 0 saturated carbocycles. The Hall–Kier alpha value is -2.08. The SMILES string of the molecule is CCCn1ncnc1COC(=O)c1cccc(N)c1Cl. The molecule has 0 saturated heterocycles. The van der Waals surface area contributed by atoms with Gasteiger partial charge in [0.15, 0.2) is 12.4 Å². The van der Waals surface area contributed by atoms with E-state index in [1.165, 1.54) is 6.33 Å². The van der Waals surface area contributed by atoms with Crippen LogP contribution >= 0.6 is 11.6 Å². The summed E-state index contributed by atoms with van der Waals surface area (Å²) in [7, 11) is 0. The minimum Gasteiger partial charge on any atom is -0.454 e. The highest BCUT2D eigenvalue weighted by Crippen LogP contribution is 2.23. The number of carbonyl (C=O) groups is 1. The van der Waals surface area contributed by atoms with Gasteiger partial charge in [0.25, 0.3) is 0 Å². The van der Waals surface area contributed by atoms with Gasteiger partial charge < -0.3 is 10.5 Å². The van der Waals surface area contributed by atoms with Crippen LogP contribution in [0.1, 0.15) is 29.5 Å². The molecule has 0 bridgehead atoms. The molecule has 2 rings (SSSR count). The summed E-state index contributed by atoms with van der Waals surface area (Å²) in [5, 5.41) is 4.26. The van der Waals surface area contributed by atoms with Crippen LogP contribution in [0.25, 0.3) is 0 Å². The number of nitrogens with two attached hydrogens (primary N) is 1. The first-order chi connectivity index (χ1) is 9.63. The Labute approximate surface area is 121 Å². The molecular formula is C13H15ClN4O2. The number of nitrogens with zero attached hydrogens (tertiary/aromatic N) is 3. The van der Waals surface area contributed by atoms with Crippen molar-refractivity contribution >= 4 is 23.3 Å². The monoisotopic (exact) mass is 294 g/mol. The number of aryl methyl sites for hydroxylation is 1. The molecule has 0 radical (unpaired) electrons. The summed E-state index contributed by atoms with van der Waals surface area (Å²) in [4.78, 5) is 16.0. The zero-order chi connectivity index (χ0) is 14.5. The minimum atomic E-state index is -0.534. The molecule has 0 spiro atoms. The van der Waals surface area contributed by atoms with E-state index >= 15 is 0 Å². The van der Waals surface area contributed by atoms with Crippen LogP contribution in [-0.4, -0.2) is 20.7 Å². The van der Waals surface area contributed by atoms with E-state index in [1.807, 2.05) is 6.92 Å². The van der Waals surface area contributed by atoms with Gasteiger partial charge >= 0.3 is 5.97 Å². The van der Waals surface area contributed by atoms with E-state index in [1.54, 1.807) is 22.9 Å².